The van der Waals surface area contributed by atoms with Crippen LogP contribution in [-0.4, -0.2) is 14.4 Å². The zero-order chi connectivity index (χ0) is 13.6. The van der Waals surface area contributed by atoms with Crippen LogP contribution in [-0.2, 0) is 4.79 Å². The number of aldehydes is 1. The van der Waals surface area contributed by atoms with Gasteiger partial charge in [0.05, 0.1) is 8.07 Å². The summed E-state index contributed by atoms with van der Waals surface area (Å²) >= 11 is 0. The van der Waals surface area contributed by atoms with Gasteiger partial charge in [-0.1, -0.05) is 67.2 Å². The predicted molar refractivity (Wildman–Crippen MR) is 82.0 cm³/mol. The minimum absolute atomic E-state index is 0.378. The van der Waals surface area contributed by atoms with Crippen molar-refractivity contribution in [2.75, 3.05) is 0 Å². The molecule has 0 N–H and O–H groups in total. The molecule has 0 aromatic heterocycles. The summed E-state index contributed by atoms with van der Waals surface area (Å²) < 4.78 is 0. The van der Waals surface area contributed by atoms with Crippen molar-refractivity contribution in [3.8, 4) is 0 Å². The monoisotopic (exact) mass is 260 g/mol. The van der Waals surface area contributed by atoms with Gasteiger partial charge in [-0.25, -0.2) is 0 Å². The average Bonchev–Trinajstić information content (AvgIpc) is 2.37. The van der Waals surface area contributed by atoms with Gasteiger partial charge in [-0.2, -0.15) is 0 Å². The topological polar surface area (TPSA) is 17.1 Å². The molecule has 0 aliphatic carbocycles. The van der Waals surface area contributed by atoms with E-state index in [9.17, 15) is 4.79 Å². The van der Waals surface area contributed by atoms with Crippen molar-refractivity contribution in [1.29, 1.82) is 0 Å². The zero-order valence-corrected chi connectivity index (χ0v) is 12.9. The van der Waals surface area contributed by atoms with Crippen LogP contribution in [0.5, 0.6) is 0 Å². The molecular weight excluding hydrogens is 236 g/mol. The van der Waals surface area contributed by atoms with E-state index in [1.165, 1.54) is 10.8 Å². The summed E-state index contributed by atoms with van der Waals surface area (Å²) in [5.74, 6) is 0.378. The van der Waals surface area contributed by atoms with Gasteiger partial charge < -0.3 is 4.79 Å². The number of benzene rings is 1. The number of hydrogen-bond donors (Lipinski definition) is 0. The van der Waals surface area contributed by atoms with Crippen LogP contribution in [0.1, 0.15) is 20.3 Å². The molecule has 0 saturated heterocycles. The molecule has 1 aromatic carbocycles. The first-order chi connectivity index (χ1) is 8.47. The van der Waals surface area contributed by atoms with Gasteiger partial charge in [0.2, 0.25) is 0 Å². The van der Waals surface area contributed by atoms with Gasteiger partial charge in [-0.3, -0.25) is 0 Å². The number of allylic oxidation sites excluding steroid dienone is 2. The minimum Gasteiger partial charge on any atom is -0.303 e. The summed E-state index contributed by atoms with van der Waals surface area (Å²) in [5, 5.41) is 1.50. The Morgan fingerprint density at radius 1 is 1.28 bits per heavy atom. The van der Waals surface area contributed by atoms with Gasteiger partial charge in [-0.15, -0.1) is 0 Å². The molecular formula is C16H24OSi. The summed E-state index contributed by atoms with van der Waals surface area (Å²) in [6, 6.07) is 11.9. The second-order valence-corrected chi connectivity index (χ2v) is 10.5. The van der Waals surface area contributed by atoms with Crippen LogP contribution in [0.4, 0.5) is 0 Å². The Morgan fingerprint density at radius 2 is 1.89 bits per heavy atom. The van der Waals surface area contributed by atoms with E-state index in [-0.39, 0.29) is 0 Å². The fraction of sp³-hybridized carbons (Fsp3) is 0.438. The van der Waals surface area contributed by atoms with Gasteiger partial charge >= 0.3 is 0 Å². The van der Waals surface area contributed by atoms with Crippen molar-refractivity contribution < 1.29 is 4.79 Å². The average molecular weight is 260 g/mol. The fourth-order valence-electron chi connectivity index (χ4n) is 1.95. The van der Waals surface area contributed by atoms with E-state index in [2.05, 4.69) is 63.3 Å². The maximum absolute atomic E-state index is 10.5. The Morgan fingerprint density at radius 3 is 2.44 bits per heavy atom. The van der Waals surface area contributed by atoms with Crippen molar-refractivity contribution in [3.63, 3.8) is 0 Å². The SMILES string of the molecule is C/C(=C\C[Si](C)(C)c1ccccc1)[C@H](C)CC=O. The first-order valence-corrected chi connectivity index (χ1v) is 9.84. The fourth-order valence-corrected chi connectivity index (χ4v) is 4.12. The Hall–Kier alpha value is -1.15. The molecule has 1 aromatic rings. The molecule has 1 atom stereocenters. The largest absolute Gasteiger partial charge is 0.303 e. The van der Waals surface area contributed by atoms with Gasteiger partial charge in [0.25, 0.3) is 0 Å². The number of carbonyl (C=O) groups excluding carboxylic acids is 1. The molecule has 0 spiro atoms. The molecule has 0 bridgehead atoms. The van der Waals surface area contributed by atoms with Crippen molar-refractivity contribution in [1.82, 2.24) is 0 Å². The molecule has 0 radical (unpaired) electrons. The third kappa shape index (κ3) is 4.26. The van der Waals surface area contributed by atoms with Crippen LogP contribution in [0.2, 0.25) is 19.1 Å². The van der Waals surface area contributed by atoms with Crippen LogP contribution < -0.4 is 5.19 Å². The van der Waals surface area contributed by atoms with E-state index in [0.29, 0.717) is 12.3 Å². The number of carbonyl (C=O) groups is 1. The van der Waals surface area contributed by atoms with Gasteiger partial charge in [0.1, 0.15) is 6.29 Å². The van der Waals surface area contributed by atoms with Crippen molar-refractivity contribution in [3.05, 3.63) is 42.0 Å². The van der Waals surface area contributed by atoms with Crippen LogP contribution in [0.3, 0.4) is 0 Å². The summed E-state index contributed by atoms with van der Waals surface area (Å²) in [7, 11) is -1.38. The maximum Gasteiger partial charge on any atom is 0.120 e. The molecule has 1 nitrogen and oxygen atoms in total. The predicted octanol–water partition coefficient (Wildman–Crippen LogP) is 3.77. The second-order valence-electron chi connectivity index (χ2n) is 5.71. The molecule has 18 heavy (non-hydrogen) atoms. The Balaban J connectivity index is 2.72. The van der Waals surface area contributed by atoms with Gasteiger partial charge in [0.15, 0.2) is 0 Å². The standard InChI is InChI=1S/C16H24OSi/c1-14(10-12-17)15(2)11-13-18(3,4)16-8-6-5-7-9-16/h5-9,11-12,14H,10,13H2,1-4H3/b15-11+/t14-/m1/s1. The third-order valence-corrected chi connectivity index (χ3v) is 6.84. The van der Waals surface area contributed by atoms with Crippen LogP contribution in [0.15, 0.2) is 42.0 Å². The van der Waals surface area contributed by atoms with Crippen molar-refractivity contribution in [2.45, 2.75) is 39.4 Å². The lowest BCUT2D eigenvalue weighted by Crippen LogP contribution is -2.40. The molecule has 0 aliphatic heterocycles. The molecule has 0 aliphatic rings. The van der Waals surface area contributed by atoms with Crippen LogP contribution in [0, 0.1) is 5.92 Å². The number of hydrogen-bond acceptors (Lipinski definition) is 1. The molecule has 98 valence electrons. The van der Waals surface area contributed by atoms with Crippen LogP contribution in [0.25, 0.3) is 0 Å². The summed E-state index contributed by atoms with van der Waals surface area (Å²) in [5.41, 5.74) is 1.35. The Kier molecular flexibility index (Phi) is 5.54. The van der Waals surface area contributed by atoms with Crippen molar-refractivity contribution >= 4 is 19.5 Å². The van der Waals surface area contributed by atoms with Crippen LogP contribution >= 0.6 is 0 Å². The summed E-state index contributed by atoms with van der Waals surface area (Å²) in [6.07, 6.45) is 3.99. The highest BCUT2D eigenvalue weighted by Gasteiger charge is 2.21. The minimum atomic E-state index is -1.38. The summed E-state index contributed by atoms with van der Waals surface area (Å²) in [6.45, 7) is 9.06. The molecule has 0 fully saturated rings. The second kappa shape index (κ2) is 6.69. The lowest BCUT2D eigenvalue weighted by atomic mass is 10.00. The normalized spacial score (nSPS) is 14.3. The Labute approximate surface area is 112 Å². The quantitative estimate of drug-likeness (QED) is 0.432. The first-order valence-electron chi connectivity index (χ1n) is 6.63. The highest BCUT2D eigenvalue weighted by atomic mass is 28.3. The molecule has 0 heterocycles. The van der Waals surface area contributed by atoms with E-state index in [4.69, 9.17) is 0 Å². The number of rotatable bonds is 6. The van der Waals surface area contributed by atoms with E-state index < -0.39 is 8.07 Å². The van der Waals surface area contributed by atoms with Crippen molar-refractivity contribution in [2.24, 2.45) is 5.92 Å². The zero-order valence-electron chi connectivity index (χ0n) is 11.9. The lowest BCUT2D eigenvalue weighted by Gasteiger charge is -2.22. The molecule has 0 amide bonds. The lowest BCUT2D eigenvalue weighted by molar-refractivity contribution is -0.108. The molecule has 0 unspecified atom stereocenters. The van der Waals surface area contributed by atoms with E-state index >= 15 is 0 Å². The van der Waals surface area contributed by atoms with E-state index in [1.807, 2.05) is 0 Å². The first kappa shape index (κ1) is 14.9. The van der Waals surface area contributed by atoms with Gasteiger partial charge in [-0.05, 0) is 18.9 Å². The highest BCUT2D eigenvalue weighted by molar-refractivity contribution is 6.90. The van der Waals surface area contributed by atoms with E-state index in [1.54, 1.807) is 0 Å². The molecule has 1 rings (SSSR count). The van der Waals surface area contributed by atoms with E-state index in [0.717, 1.165) is 12.3 Å². The smallest absolute Gasteiger partial charge is 0.120 e. The maximum atomic E-state index is 10.5. The Bertz CT molecular complexity index is 406. The molecule has 2 heteroatoms. The molecule has 0 saturated carbocycles. The highest BCUT2D eigenvalue weighted by Crippen LogP contribution is 2.17. The third-order valence-electron chi connectivity index (χ3n) is 3.72. The van der Waals surface area contributed by atoms with Gasteiger partial charge in [0, 0.05) is 6.42 Å². The summed E-state index contributed by atoms with van der Waals surface area (Å²) in [4.78, 5) is 10.5.